The lowest BCUT2D eigenvalue weighted by molar-refractivity contribution is -0.159. The fourth-order valence-corrected chi connectivity index (χ4v) is 1.31. The molecule has 0 N–H and O–H groups in total. The highest BCUT2D eigenvalue weighted by Crippen LogP contribution is 2.24. The number of hydrogen-bond acceptors (Lipinski definition) is 5. The molecule has 0 spiro atoms. The third-order valence-corrected chi connectivity index (χ3v) is 2.18. The van der Waals surface area contributed by atoms with Crippen LogP contribution in [-0.4, -0.2) is 18.2 Å². The van der Waals surface area contributed by atoms with Gasteiger partial charge in [-0.1, -0.05) is 18.7 Å². The smallest absolute Gasteiger partial charge is 0.345 e. The molecule has 0 aliphatic heterocycles. The molecule has 1 aromatic rings. The number of carbonyl (C=O) groups is 2. The van der Waals surface area contributed by atoms with Crippen LogP contribution < -0.4 is 4.74 Å². The standard InChI is InChI=1S/C14H11F3O5/c1-3-11(18)20-8(2)21-14(19)9-6-4-5-7-10(9)22-13(17)12(15)16/h3-8H,1H2,2H3. The van der Waals surface area contributed by atoms with Gasteiger partial charge in [0.1, 0.15) is 11.3 Å². The van der Waals surface area contributed by atoms with Crippen molar-refractivity contribution in [3.8, 4) is 5.75 Å². The average molecular weight is 316 g/mol. The fraction of sp³-hybridized carbons (Fsp3) is 0.143. The van der Waals surface area contributed by atoms with E-state index in [4.69, 9.17) is 4.74 Å². The van der Waals surface area contributed by atoms with Gasteiger partial charge in [-0.05, 0) is 12.1 Å². The second-order valence-corrected chi connectivity index (χ2v) is 3.75. The molecular weight excluding hydrogens is 305 g/mol. The Morgan fingerprint density at radius 2 is 1.82 bits per heavy atom. The Morgan fingerprint density at radius 1 is 1.18 bits per heavy atom. The summed E-state index contributed by atoms with van der Waals surface area (Å²) >= 11 is 0. The van der Waals surface area contributed by atoms with Gasteiger partial charge in [-0.3, -0.25) is 0 Å². The number of ether oxygens (including phenoxy) is 3. The normalized spacial score (nSPS) is 11.1. The van der Waals surface area contributed by atoms with E-state index in [1.807, 2.05) is 0 Å². The summed E-state index contributed by atoms with van der Waals surface area (Å²) in [5, 5.41) is 0. The molecule has 0 saturated heterocycles. The molecule has 0 saturated carbocycles. The number of esters is 2. The summed E-state index contributed by atoms with van der Waals surface area (Å²) in [5.74, 6) is -2.34. The largest absolute Gasteiger partial charge is 0.427 e. The van der Waals surface area contributed by atoms with E-state index in [1.54, 1.807) is 0 Å². The average Bonchev–Trinajstić information content (AvgIpc) is 2.47. The Kier molecular flexibility index (Phi) is 6.18. The van der Waals surface area contributed by atoms with Crippen molar-refractivity contribution in [1.82, 2.24) is 0 Å². The van der Waals surface area contributed by atoms with Gasteiger partial charge in [0.15, 0.2) is 0 Å². The van der Waals surface area contributed by atoms with Crippen molar-refractivity contribution in [2.24, 2.45) is 0 Å². The van der Waals surface area contributed by atoms with Crippen LogP contribution in [0.3, 0.4) is 0 Å². The quantitative estimate of drug-likeness (QED) is 0.349. The van der Waals surface area contributed by atoms with Gasteiger partial charge >= 0.3 is 24.0 Å². The minimum absolute atomic E-state index is 0.319. The van der Waals surface area contributed by atoms with E-state index >= 15 is 0 Å². The van der Waals surface area contributed by atoms with E-state index in [2.05, 4.69) is 16.1 Å². The molecule has 22 heavy (non-hydrogen) atoms. The van der Waals surface area contributed by atoms with Gasteiger partial charge in [-0.15, -0.1) is 0 Å². The second kappa shape index (κ2) is 7.87. The molecule has 0 radical (unpaired) electrons. The second-order valence-electron chi connectivity index (χ2n) is 3.75. The fourth-order valence-electron chi connectivity index (χ4n) is 1.31. The molecule has 1 atom stereocenters. The monoisotopic (exact) mass is 316 g/mol. The summed E-state index contributed by atoms with van der Waals surface area (Å²) in [6.07, 6.45) is -3.06. The van der Waals surface area contributed by atoms with Crippen molar-refractivity contribution in [1.29, 1.82) is 0 Å². The van der Waals surface area contributed by atoms with Gasteiger partial charge in [-0.25, -0.2) is 9.59 Å². The van der Waals surface area contributed by atoms with Crippen LogP contribution in [0.15, 0.2) is 49.0 Å². The zero-order valence-electron chi connectivity index (χ0n) is 11.3. The SMILES string of the molecule is C=CC(=O)OC(C)OC(=O)c1ccccc1OC(F)=C(F)F. The van der Waals surface area contributed by atoms with Crippen molar-refractivity contribution in [3.63, 3.8) is 0 Å². The Hall–Kier alpha value is -2.77. The molecule has 0 amide bonds. The van der Waals surface area contributed by atoms with Gasteiger partial charge in [-0.2, -0.15) is 13.2 Å². The predicted octanol–water partition coefficient (Wildman–Crippen LogP) is 3.33. The van der Waals surface area contributed by atoms with Crippen LogP contribution in [-0.2, 0) is 14.3 Å². The van der Waals surface area contributed by atoms with E-state index in [9.17, 15) is 22.8 Å². The van der Waals surface area contributed by atoms with Gasteiger partial charge in [0.05, 0.1) is 0 Å². The molecule has 0 heterocycles. The predicted molar refractivity (Wildman–Crippen MR) is 68.6 cm³/mol. The van der Waals surface area contributed by atoms with E-state index in [1.165, 1.54) is 25.1 Å². The Balaban J connectivity index is 2.88. The Morgan fingerprint density at radius 3 is 2.41 bits per heavy atom. The summed E-state index contributed by atoms with van der Waals surface area (Å²) in [5.41, 5.74) is -0.319. The molecule has 0 bridgehead atoms. The van der Waals surface area contributed by atoms with Gasteiger partial charge in [0, 0.05) is 13.0 Å². The third kappa shape index (κ3) is 4.97. The number of para-hydroxylation sites is 1. The highest BCUT2D eigenvalue weighted by Gasteiger charge is 2.20. The zero-order chi connectivity index (χ0) is 16.7. The van der Waals surface area contributed by atoms with Gasteiger partial charge in [0.2, 0.25) is 6.29 Å². The molecule has 0 fully saturated rings. The van der Waals surface area contributed by atoms with E-state index in [-0.39, 0.29) is 5.56 Å². The van der Waals surface area contributed by atoms with Crippen LogP contribution in [0.4, 0.5) is 13.2 Å². The van der Waals surface area contributed by atoms with Crippen molar-refractivity contribution in [2.75, 3.05) is 0 Å². The van der Waals surface area contributed by atoms with Crippen molar-refractivity contribution < 1.29 is 37.0 Å². The highest BCUT2D eigenvalue weighted by molar-refractivity contribution is 5.92. The van der Waals surface area contributed by atoms with Crippen LogP contribution in [0.2, 0.25) is 0 Å². The Labute approximate surface area is 123 Å². The first-order chi connectivity index (χ1) is 10.3. The molecule has 0 aliphatic rings. The van der Waals surface area contributed by atoms with Crippen molar-refractivity contribution in [2.45, 2.75) is 13.2 Å². The van der Waals surface area contributed by atoms with Crippen LogP contribution in [0, 0.1) is 0 Å². The first-order valence-electron chi connectivity index (χ1n) is 5.86. The van der Waals surface area contributed by atoms with Crippen LogP contribution in [0.5, 0.6) is 5.75 Å². The minimum atomic E-state index is -2.67. The lowest BCUT2D eigenvalue weighted by Crippen LogP contribution is -2.21. The third-order valence-electron chi connectivity index (χ3n) is 2.18. The van der Waals surface area contributed by atoms with E-state index in [0.29, 0.717) is 0 Å². The molecule has 0 aromatic heterocycles. The lowest BCUT2D eigenvalue weighted by atomic mass is 10.2. The molecule has 118 valence electrons. The summed E-state index contributed by atoms with van der Waals surface area (Å²) in [4.78, 5) is 22.8. The van der Waals surface area contributed by atoms with Crippen LogP contribution in [0.25, 0.3) is 0 Å². The number of carbonyl (C=O) groups excluding carboxylic acids is 2. The lowest BCUT2D eigenvalue weighted by Gasteiger charge is -2.14. The molecule has 5 nitrogen and oxygen atoms in total. The van der Waals surface area contributed by atoms with Gasteiger partial charge in [0.25, 0.3) is 0 Å². The number of rotatable bonds is 6. The molecule has 1 aromatic carbocycles. The first-order valence-corrected chi connectivity index (χ1v) is 5.86. The van der Waals surface area contributed by atoms with Crippen LogP contribution >= 0.6 is 0 Å². The summed E-state index contributed by atoms with van der Waals surface area (Å²) in [7, 11) is 0. The molecular formula is C14H11F3O5. The topological polar surface area (TPSA) is 61.8 Å². The maximum absolute atomic E-state index is 12.8. The van der Waals surface area contributed by atoms with Crippen molar-refractivity contribution in [3.05, 3.63) is 54.6 Å². The number of hydrogen-bond donors (Lipinski definition) is 0. The molecule has 1 unspecified atom stereocenters. The summed E-state index contributed by atoms with van der Waals surface area (Å²) in [6, 6.07) is 2.86. The summed E-state index contributed by atoms with van der Waals surface area (Å²) < 4.78 is 50.5. The highest BCUT2D eigenvalue weighted by atomic mass is 19.3. The first kappa shape index (κ1) is 17.3. The number of benzene rings is 1. The van der Waals surface area contributed by atoms with Gasteiger partial charge < -0.3 is 14.2 Å². The van der Waals surface area contributed by atoms with E-state index in [0.717, 1.165) is 12.1 Å². The van der Waals surface area contributed by atoms with Crippen LogP contribution in [0.1, 0.15) is 17.3 Å². The maximum Gasteiger partial charge on any atom is 0.345 e. The molecule has 8 heteroatoms. The molecule has 1 rings (SSSR count). The van der Waals surface area contributed by atoms with Crippen molar-refractivity contribution >= 4 is 11.9 Å². The molecule has 0 aliphatic carbocycles. The number of halogens is 3. The van der Waals surface area contributed by atoms with E-state index < -0.39 is 36.1 Å². The maximum atomic E-state index is 12.8. The zero-order valence-corrected chi connectivity index (χ0v) is 11.3. The summed E-state index contributed by atoms with van der Waals surface area (Å²) in [6.45, 7) is 4.42. The minimum Gasteiger partial charge on any atom is -0.427 e. The Bertz CT molecular complexity index is 608.